The van der Waals surface area contributed by atoms with Crippen LogP contribution in [0.1, 0.15) is 16.2 Å². The molecule has 0 aliphatic heterocycles. The van der Waals surface area contributed by atoms with Gasteiger partial charge in [0.25, 0.3) is 15.9 Å². The average Bonchev–Trinajstić information content (AvgIpc) is 2.79. The van der Waals surface area contributed by atoms with E-state index in [1.54, 1.807) is 0 Å². The van der Waals surface area contributed by atoms with Crippen LogP contribution in [0.4, 0.5) is 14.5 Å². The Morgan fingerprint density at radius 3 is 2.52 bits per heavy atom. The van der Waals surface area contributed by atoms with Crippen molar-refractivity contribution in [1.82, 2.24) is 9.97 Å². The van der Waals surface area contributed by atoms with E-state index < -0.39 is 38.8 Å². The Kier molecular flexibility index (Phi) is 3.64. The zero-order chi connectivity index (χ0) is 15.8. The van der Waals surface area contributed by atoms with Crippen molar-refractivity contribution in [2.75, 3.05) is 4.72 Å². The number of carbonyl (C=O) groups is 1. The molecule has 21 heavy (non-hydrogen) atoms. The lowest BCUT2D eigenvalue weighted by Gasteiger charge is -2.09. The highest BCUT2D eigenvalue weighted by molar-refractivity contribution is 7.92. The molecule has 112 valence electrons. The summed E-state index contributed by atoms with van der Waals surface area (Å²) in [6, 6.07) is 1.06. The van der Waals surface area contributed by atoms with Crippen molar-refractivity contribution in [1.29, 1.82) is 0 Å². The third-order valence-electron chi connectivity index (χ3n) is 2.54. The Bertz CT molecular complexity index is 817. The molecule has 1 aromatic heterocycles. The van der Waals surface area contributed by atoms with E-state index in [1.165, 1.54) is 6.92 Å². The van der Waals surface area contributed by atoms with Crippen LogP contribution in [-0.4, -0.2) is 24.3 Å². The maximum atomic E-state index is 13.6. The van der Waals surface area contributed by atoms with Crippen molar-refractivity contribution in [2.45, 2.75) is 11.9 Å². The van der Waals surface area contributed by atoms with Gasteiger partial charge in [0.1, 0.15) is 17.5 Å². The number of aryl methyl sites for hydroxylation is 1. The Morgan fingerprint density at radius 1 is 1.33 bits per heavy atom. The fourth-order valence-electron chi connectivity index (χ4n) is 1.55. The zero-order valence-electron chi connectivity index (χ0n) is 10.6. The number of aromatic nitrogens is 2. The normalized spacial score (nSPS) is 11.4. The van der Waals surface area contributed by atoms with Crippen LogP contribution in [0.15, 0.2) is 23.4 Å². The van der Waals surface area contributed by atoms with Gasteiger partial charge in [-0.3, -0.25) is 9.52 Å². The van der Waals surface area contributed by atoms with Crippen molar-refractivity contribution in [3.05, 3.63) is 41.4 Å². The van der Waals surface area contributed by atoms with Crippen molar-refractivity contribution >= 4 is 21.6 Å². The molecule has 0 unspecified atom stereocenters. The summed E-state index contributed by atoms with van der Waals surface area (Å²) in [7, 11) is -4.15. The molecule has 0 bridgehead atoms. The topological polar surface area (TPSA) is 118 Å². The number of primary amides is 1. The second kappa shape index (κ2) is 5.13. The van der Waals surface area contributed by atoms with Crippen molar-refractivity contribution in [3.8, 4) is 0 Å². The number of benzene rings is 1. The molecule has 1 heterocycles. The molecule has 4 N–H and O–H groups in total. The highest BCUT2D eigenvalue weighted by Gasteiger charge is 2.21. The minimum atomic E-state index is -4.15. The first-order valence-corrected chi connectivity index (χ1v) is 7.02. The lowest BCUT2D eigenvalue weighted by molar-refractivity contribution is 0.0996. The minimum Gasteiger partial charge on any atom is -0.366 e. The lowest BCUT2D eigenvalue weighted by Crippen LogP contribution is -2.17. The van der Waals surface area contributed by atoms with Crippen LogP contribution < -0.4 is 10.5 Å². The number of amides is 1. The summed E-state index contributed by atoms with van der Waals surface area (Å²) in [5, 5.41) is -0.302. The van der Waals surface area contributed by atoms with E-state index in [4.69, 9.17) is 5.73 Å². The van der Waals surface area contributed by atoms with Gasteiger partial charge in [-0.05, 0) is 13.0 Å². The minimum absolute atomic E-state index is 0.302. The van der Waals surface area contributed by atoms with Crippen LogP contribution in [0.25, 0.3) is 0 Å². The summed E-state index contributed by atoms with van der Waals surface area (Å²) in [4.78, 5) is 17.1. The number of hydrogen-bond acceptors (Lipinski definition) is 4. The number of H-pyrrole nitrogens is 1. The van der Waals surface area contributed by atoms with Gasteiger partial charge in [0, 0.05) is 6.07 Å². The third kappa shape index (κ3) is 2.99. The van der Waals surface area contributed by atoms with E-state index in [9.17, 15) is 22.0 Å². The Labute approximate surface area is 118 Å². The van der Waals surface area contributed by atoms with E-state index in [1.807, 2.05) is 4.72 Å². The Morgan fingerprint density at radius 2 is 2.00 bits per heavy atom. The molecule has 10 heteroatoms. The SMILES string of the molecule is Cc1ncc(S(=O)(=O)Nc2cc(C(N)=O)c(F)cc2F)[nH]1. The Balaban J connectivity index is 2.44. The Hall–Kier alpha value is -2.49. The number of sulfonamides is 1. The number of nitrogens with one attached hydrogen (secondary N) is 2. The molecule has 0 radical (unpaired) electrons. The van der Waals surface area contributed by atoms with Crippen LogP contribution in [-0.2, 0) is 10.0 Å². The fourth-order valence-corrected chi connectivity index (χ4v) is 2.58. The van der Waals surface area contributed by atoms with E-state index in [0.717, 1.165) is 6.20 Å². The highest BCUT2D eigenvalue weighted by atomic mass is 32.2. The number of aromatic amines is 1. The van der Waals surface area contributed by atoms with Crippen molar-refractivity contribution in [2.24, 2.45) is 5.73 Å². The lowest BCUT2D eigenvalue weighted by atomic mass is 10.2. The maximum Gasteiger partial charge on any atom is 0.279 e. The molecule has 2 aromatic rings. The first-order chi connectivity index (χ1) is 9.70. The molecule has 7 nitrogen and oxygen atoms in total. The number of rotatable bonds is 4. The van der Waals surface area contributed by atoms with Gasteiger partial charge in [-0.15, -0.1) is 0 Å². The van der Waals surface area contributed by atoms with Crippen LogP contribution in [0.5, 0.6) is 0 Å². The molecule has 2 rings (SSSR count). The van der Waals surface area contributed by atoms with Crippen molar-refractivity contribution in [3.63, 3.8) is 0 Å². The second-order valence-electron chi connectivity index (χ2n) is 4.11. The molecule has 0 fully saturated rings. The molecule has 1 aromatic carbocycles. The first-order valence-electron chi connectivity index (χ1n) is 5.54. The largest absolute Gasteiger partial charge is 0.366 e. The molecular weight excluding hydrogens is 306 g/mol. The number of carbonyl (C=O) groups excluding carboxylic acids is 1. The van der Waals surface area contributed by atoms with Crippen molar-refractivity contribution < 1.29 is 22.0 Å². The molecule has 0 spiro atoms. The van der Waals surface area contributed by atoms with Gasteiger partial charge in [0.05, 0.1) is 17.4 Å². The average molecular weight is 316 g/mol. The number of hydrogen-bond donors (Lipinski definition) is 3. The van der Waals surface area contributed by atoms with Crippen LogP contribution in [0.2, 0.25) is 0 Å². The maximum absolute atomic E-state index is 13.6. The summed E-state index contributed by atoms with van der Waals surface area (Å²) >= 11 is 0. The number of nitrogens with two attached hydrogens (primary N) is 1. The standard InChI is InChI=1S/C11H10F2N4O3S/c1-5-15-4-10(16-5)21(19,20)17-9-2-6(11(14)18)7(12)3-8(9)13/h2-4,17H,1H3,(H2,14,18)(H,15,16). The van der Waals surface area contributed by atoms with Gasteiger partial charge in [0.2, 0.25) is 0 Å². The van der Waals surface area contributed by atoms with Crippen LogP contribution >= 0.6 is 0 Å². The molecule has 1 amide bonds. The van der Waals surface area contributed by atoms with E-state index in [-0.39, 0.29) is 5.03 Å². The summed E-state index contributed by atoms with van der Waals surface area (Å²) in [6.07, 6.45) is 1.04. The van der Waals surface area contributed by atoms with Gasteiger partial charge in [-0.2, -0.15) is 8.42 Å². The molecule has 0 saturated carbocycles. The van der Waals surface area contributed by atoms with Gasteiger partial charge < -0.3 is 10.7 Å². The summed E-state index contributed by atoms with van der Waals surface area (Å²) in [5.74, 6) is -3.17. The van der Waals surface area contributed by atoms with Gasteiger partial charge in [-0.25, -0.2) is 13.8 Å². The zero-order valence-corrected chi connectivity index (χ0v) is 11.5. The summed E-state index contributed by atoms with van der Waals surface area (Å²) in [5.41, 5.74) is 3.69. The first kappa shape index (κ1) is 14.9. The molecule has 0 aliphatic rings. The monoisotopic (exact) mass is 316 g/mol. The third-order valence-corrected chi connectivity index (χ3v) is 3.81. The predicted octanol–water partition coefficient (Wildman–Crippen LogP) is 0.896. The number of nitrogens with zero attached hydrogens (tertiary/aromatic N) is 1. The van der Waals surface area contributed by atoms with Crippen LogP contribution in [0, 0.1) is 18.6 Å². The predicted molar refractivity (Wildman–Crippen MR) is 69.0 cm³/mol. The number of halogens is 2. The van der Waals surface area contributed by atoms with Gasteiger partial charge in [-0.1, -0.05) is 0 Å². The van der Waals surface area contributed by atoms with Gasteiger partial charge in [0.15, 0.2) is 5.03 Å². The molecule has 0 atom stereocenters. The molecule has 0 aliphatic carbocycles. The number of anilines is 1. The smallest absolute Gasteiger partial charge is 0.279 e. The van der Waals surface area contributed by atoms with E-state index in [0.29, 0.717) is 18.0 Å². The van der Waals surface area contributed by atoms with Crippen LogP contribution in [0.3, 0.4) is 0 Å². The summed E-state index contributed by atoms with van der Waals surface area (Å²) in [6.45, 7) is 1.53. The molecule has 0 saturated heterocycles. The van der Waals surface area contributed by atoms with Gasteiger partial charge >= 0.3 is 0 Å². The highest BCUT2D eigenvalue weighted by Crippen LogP contribution is 2.22. The number of imidazole rings is 1. The summed E-state index contributed by atoms with van der Waals surface area (Å²) < 4.78 is 52.7. The quantitative estimate of drug-likeness (QED) is 0.776. The van der Waals surface area contributed by atoms with E-state index in [2.05, 4.69) is 9.97 Å². The molecular formula is C11H10F2N4O3S. The fraction of sp³-hybridized carbons (Fsp3) is 0.0909. The van der Waals surface area contributed by atoms with E-state index >= 15 is 0 Å². The second-order valence-corrected chi connectivity index (χ2v) is 5.77.